The van der Waals surface area contributed by atoms with Crippen molar-refractivity contribution >= 4 is 363 Å². The molecule has 0 bridgehead atoms. The van der Waals surface area contributed by atoms with Crippen LogP contribution in [0, 0.1) is 0 Å². The zero-order chi connectivity index (χ0) is 80.0. The van der Waals surface area contributed by atoms with Crippen LogP contribution in [0.1, 0.15) is 0 Å². The molecule has 100 heavy (non-hydrogen) atoms. The van der Waals surface area contributed by atoms with E-state index >= 15 is 0 Å². The summed E-state index contributed by atoms with van der Waals surface area (Å²) < 4.78 is 516. The molecule has 0 saturated heterocycles. The fraction of sp³-hybridized carbons (Fsp3) is 1.00. The van der Waals surface area contributed by atoms with Crippen LogP contribution in [0.3, 0.4) is 0 Å². The van der Waals surface area contributed by atoms with Gasteiger partial charge in [-0.25, -0.2) is 0 Å². The molecule has 0 radical (unpaired) electrons. The van der Waals surface area contributed by atoms with Gasteiger partial charge in [0.1, 0.15) is 0 Å². The molecule has 45 nitrogen and oxygen atoms in total. The van der Waals surface area contributed by atoms with E-state index in [0.29, 0.717) is 0 Å². The Kier molecular flexibility index (Phi) is 50.6. The van der Waals surface area contributed by atoms with Crippen LogP contribution in [0.4, 0.5) is 0 Å². The van der Waals surface area contributed by atoms with Gasteiger partial charge in [-0.3, -0.25) is 0 Å². The highest BCUT2D eigenvalue weighted by molar-refractivity contribution is 7.82. The van der Waals surface area contributed by atoms with Crippen molar-refractivity contribution in [1.82, 2.24) is 0 Å². The minimum absolute atomic E-state index is 0.892. The minimum Gasteiger partial charge on any atom is -0.578 e. The van der Waals surface area contributed by atoms with Crippen LogP contribution in [0.5, 0.6) is 0 Å². The Bertz CT molecular complexity index is 4200. The smallest absolute Gasteiger partial charge is 0.532 e. The van der Waals surface area contributed by atoms with E-state index < -0.39 is 363 Å². The first-order valence-corrected chi connectivity index (χ1v) is 135. The van der Waals surface area contributed by atoms with Crippen LogP contribution < -0.4 is 0 Å². The fourth-order valence-corrected chi connectivity index (χ4v) is 432. The Labute approximate surface area is 614 Å². The van der Waals surface area contributed by atoms with Gasteiger partial charge >= 0.3 is 330 Å². The lowest BCUT2D eigenvalue weighted by Gasteiger charge is -2.28. The quantitative estimate of drug-likeness (QED) is 0.0511. The summed E-state index contributed by atoms with van der Waals surface area (Å²) in [5.41, 5.74) is 0. The monoisotopic (exact) mass is 2150 g/mol. The van der Waals surface area contributed by atoms with Gasteiger partial charge in [0.15, 0.2) is 8.32 Å². The summed E-state index contributed by atoms with van der Waals surface area (Å²) in [6.45, 7) is 14.2. The number of rotatable bonds is 46. The largest absolute Gasteiger partial charge is 0.578 e. The molecule has 0 fully saturated rings. The average Bonchev–Trinajstić information content (AvgIpc) is 0.821. The van der Waals surface area contributed by atoms with Crippen LogP contribution in [-0.4, -0.2) is 363 Å². The summed E-state index contributed by atoms with van der Waals surface area (Å²) in [4.78, 5) is 0. The van der Waals surface area contributed by atoms with Gasteiger partial charge in [-0.05, 0) is 58.9 Å². The second kappa shape index (κ2) is 48.0. The Morgan fingerprint density at radius 2 is 0.410 bits per heavy atom. The fourth-order valence-electron chi connectivity index (χ4n) is 5.19. The summed E-state index contributed by atoms with van der Waals surface area (Å²) in [6.07, 6.45) is 0. The maximum absolute atomic E-state index is 12.7. The van der Waals surface area contributed by atoms with Crippen LogP contribution in [-0.2, 0) is 200 Å². The summed E-state index contributed by atoms with van der Waals surface area (Å²) in [6, 6.07) is 0. The zero-order valence-corrected chi connectivity index (χ0v) is 97.5. The molecule has 0 aliphatic rings. The van der Waals surface area contributed by atoms with Crippen LogP contribution in [0.2, 0.25) is 58.9 Å². The Hall–Kier alpha value is 1.14. The average molecular weight is 2150 g/mol. The first-order chi connectivity index (χ1) is 45.2. The van der Waals surface area contributed by atoms with E-state index in [4.69, 9.17) is 12.3 Å². The Balaban J connectivity index is -0.00000152. The van der Waals surface area contributed by atoms with Gasteiger partial charge in [-0.2, -0.15) is 0 Å². The molecule has 0 amide bonds. The summed E-state index contributed by atoms with van der Waals surface area (Å²) in [5, 5.41) is 0. The molecule has 91 heteroatoms. The van der Waals surface area contributed by atoms with Crippen molar-refractivity contribution in [2.24, 2.45) is 0 Å². The van der Waals surface area contributed by atoms with Gasteiger partial charge in [-0.15, -0.1) is 0 Å². The van der Waals surface area contributed by atoms with Crippen molar-refractivity contribution in [2.75, 3.05) is 0 Å². The molecule has 0 heterocycles. The van der Waals surface area contributed by atoms with Crippen LogP contribution in [0.15, 0.2) is 0 Å². The first-order valence-electron chi connectivity index (χ1n) is 24.7. The lowest BCUT2D eigenvalue weighted by molar-refractivity contribution is 0.462. The third-order valence-corrected chi connectivity index (χ3v) is 315. The van der Waals surface area contributed by atoms with Crippen molar-refractivity contribution in [3.05, 3.63) is 0 Å². The maximum Gasteiger partial charge on any atom is 0.532 e. The SMILES string of the molecule is C[SiH](O[Si](=O)[Si](=O)[Si](=O)[Si](=O)[Si](=O)[Si](=O)[Si](=O)[Si](=O)[Si](=O)[Si](=O)[Si](=O)[Si](=O)[SiH]=O)[Si](=O)[Si](=O)[Si](=O)[Si](=O)[Si](=O)[Si](=O)[Si](=O)[SiH]=O.C[Si](C)(C)O[Si](=O)[Si](=O)[Si](=O)[Si](=O)[Si](=O)[Si](=O)[SiH]=O.C[Si](C)(C)O[Si](C)(C)[Si](=O)[Si](=O)[Si](=O)[Si](=O)[Si](=O)[Si](=O)[Si](=O)[Si](=O)[Si](=O)[Si](=O)[Si](=O)[Si](=O)[Si](=O)[SiH]=O. The molecule has 0 spiro atoms. The molecule has 0 saturated carbocycles. The lowest BCUT2D eigenvalue weighted by Crippen LogP contribution is -2.59. The topological polar surface area (TPSA) is 745 Å². The van der Waals surface area contributed by atoms with Crippen molar-refractivity contribution < 1.29 is 200 Å². The molecule has 0 aromatic rings. The molecule has 0 aromatic heterocycles. The number of hydrogen-bond donors (Lipinski definition) is 0. The van der Waals surface area contributed by atoms with E-state index in [-0.39, 0.29) is 0 Å². The molecule has 0 aliphatic carbocycles. The van der Waals surface area contributed by atoms with Gasteiger partial charge in [0.25, 0.3) is 8.56 Å². The van der Waals surface area contributed by atoms with Gasteiger partial charge in [-0.1, -0.05) is 0 Å². The second-order valence-corrected chi connectivity index (χ2v) is 227. The zero-order valence-electron chi connectivity index (χ0n) is 50.8. The Morgan fingerprint density at radius 1 is 0.230 bits per heavy atom. The molecule has 0 rings (SSSR count). The van der Waals surface area contributed by atoms with Crippen molar-refractivity contribution in [3.8, 4) is 0 Å². The predicted molar refractivity (Wildman–Crippen MR) is 357 cm³/mol. The molecule has 0 aromatic carbocycles. The van der Waals surface area contributed by atoms with E-state index in [1.807, 2.05) is 0 Å². The number of hydrogen-bond acceptors (Lipinski definition) is 45. The van der Waals surface area contributed by atoms with E-state index in [0.717, 1.165) is 6.55 Å². The molecular formula is C9H32O45Si46. The first kappa shape index (κ1) is 105. The molecular weight excluding hydrogens is 2120 g/mol. The normalized spacial score (nSPS) is 10.5. The molecule has 522 valence electrons. The van der Waals surface area contributed by atoms with E-state index in [1.54, 1.807) is 39.3 Å². The van der Waals surface area contributed by atoms with Crippen molar-refractivity contribution in [2.45, 2.75) is 58.9 Å². The third kappa shape index (κ3) is 33.0. The van der Waals surface area contributed by atoms with E-state index in [2.05, 4.69) is 0 Å². The van der Waals surface area contributed by atoms with E-state index in [1.165, 1.54) is 13.1 Å². The lowest BCUT2D eigenvalue weighted by atomic mass is 11.8. The standard InChI is InChI=1S/C5H16O15Si16.C3H10O8Si8.CH6O22Si22/c1-35(2,3)20-36(4,5)34(19)33(18)32(17)31(16)30(15)29(14)28(13)27(12)26(11)25(10)24(9)23(8)22(7)21-6;1-19(2,3)11-13(5)15(7)17(9)18(10)16(8)14(6)12-4;1-26(30(7)34(11)38(15)40(17)36(13)32(9)28(5)24-2)23-27(4)31(8)35(12)39(16)42(19)44(21)45(22)43(20)41(18)37(14)33(10)29(6)25-3/h21H,1-5H3;12H,1-3H3;24-26H,1H3. The molecule has 1 unspecified atom stereocenters. The molecule has 1 atom stereocenters. The summed E-state index contributed by atoms with van der Waals surface area (Å²) in [5.74, 6) is 0. The Morgan fingerprint density at radius 3 is 0.610 bits per heavy atom. The molecule has 0 N–H and O–H groups in total. The highest BCUT2D eigenvalue weighted by Crippen LogP contribution is 2.14. The van der Waals surface area contributed by atoms with Gasteiger partial charge in [0.2, 0.25) is 16.2 Å². The maximum atomic E-state index is 12.7. The highest BCUT2D eigenvalue weighted by atomic mass is 30.1. The van der Waals surface area contributed by atoms with Crippen molar-refractivity contribution in [1.29, 1.82) is 0 Å². The predicted octanol–water partition coefficient (Wildman–Crippen LogP) is -18.8. The summed E-state index contributed by atoms with van der Waals surface area (Å²) >= 11 is 0. The van der Waals surface area contributed by atoms with Crippen LogP contribution >= 0.6 is 0 Å². The summed E-state index contributed by atoms with van der Waals surface area (Å²) in [7, 11) is -165. The van der Waals surface area contributed by atoms with E-state index in [9.17, 15) is 187 Å². The van der Waals surface area contributed by atoms with Gasteiger partial charge in [0.05, 0.1) is 0 Å². The third-order valence-electron chi connectivity index (χ3n) is 9.65. The van der Waals surface area contributed by atoms with Gasteiger partial charge in [0, 0.05) is 0 Å². The highest BCUT2D eigenvalue weighted by Gasteiger charge is 2.58. The molecule has 0 aliphatic heterocycles. The second-order valence-electron chi connectivity index (χ2n) is 19.8. The van der Waals surface area contributed by atoms with Crippen molar-refractivity contribution in [3.63, 3.8) is 0 Å². The minimum atomic E-state index is -4.31. The van der Waals surface area contributed by atoms with Gasteiger partial charge < -0.3 is 200 Å². The van der Waals surface area contributed by atoms with Crippen LogP contribution in [0.25, 0.3) is 0 Å².